The zero-order valence-electron chi connectivity index (χ0n) is 17.4. The number of anilines is 2. The van der Waals surface area contributed by atoms with Crippen LogP contribution in [0.3, 0.4) is 0 Å². The van der Waals surface area contributed by atoms with Crippen LogP contribution in [0.4, 0.5) is 11.4 Å². The van der Waals surface area contributed by atoms with Gasteiger partial charge in [0, 0.05) is 16.8 Å². The van der Waals surface area contributed by atoms with Crippen LogP contribution in [0.5, 0.6) is 5.75 Å². The quantitative estimate of drug-likeness (QED) is 0.583. The molecule has 0 bridgehead atoms. The van der Waals surface area contributed by atoms with Crippen molar-refractivity contribution < 1.29 is 14.3 Å². The monoisotopic (exact) mass is 434 g/mol. The van der Waals surface area contributed by atoms with E-state index in [4.69, 9.17) is 16.3 Å². The van der Waals surface area contributed by atoms with Crippen LogP contribution in [0.1, 0.15) is 36.5 Å². The van der Waals surface area contributed by atoms with Crippen molar-refractivity contribution in [1.29, 1.82) is 0 Å². The van der Waals surface area contributed by atoms with E-state index in [1.807, 2.05) is 32.0 Å². The molecule has 2 amide bonds. The molecule has 0 atom stereocenters. The SMILES string of the molecule is COc1cc(Cl)c(C)cc1NC(=O)CSCC(=O)Nc1c(C)cccc1C(C)C. The summed E-state index contributed by atoms with van der Waals surface area (Å²) in [5, 5.41) is 6.37. The summed E-state index contributed by atoms with van der Waals surface area (Å²) in [6.07, 6.45) is 0. The average Bonchev–Trinajstić information content (AvgIpc) is 2.65. The summed E-state index contributed by atoms with van der Waals surface area (Å²) in [7, 11) is 1.52. The van der Waals surface area contributed by atoms with Gasteiger partial charge in [0.1, 0.15) is 5.75 Å². The Bertz CT molecular complexity index is 900. The maximum Gasteiger partial charge on any atom is 0.234 e. The predicted octanol–water partition coefficient (Wildman–Crippen LogP) is 5.40. The van der Waals surface area contributed by atoms with Gasteiger partial charge in [0.2, 0.25) is 11.8 Å². The second kappa shape index (κ2) is 10.6. The number of carbonyl (C=O) groups is 2. The van der Waals surface area contributed by atoms with E-state index in [2.05, 4.69) is 24.5 Å². The Morgan fingerprint density at radius 2 is 1.72 bits per heavy atom. The number of rotatable bonds is 8. The zero-order chi connectivity index (χ0) is 21.6. The molecule has 156 valence electrons. The van der Waals surface area contributed by atoms with E-state index in [-0.39, 0.29) is 23.3 Å². The van der Waals surface area contributed by atoms with Crippen LogP contribution in [0, 0.1) is 13.8 Å². The number of methoxy groups -OCH3 is 1. The number of para-hydroxylation sites is 1. The van der Waals surface area contributed by atoms with Crippen molar-refractivity contribution in [3.05, 3.63) is 52.0 Å². The fourth-order valence-corrected chi connectivity index (χ4v) is 3.64. The second-order valence-corrected chi connectivity index (χ2v) is 8.48. The smallest absolute Gasteiger partial charge is 0.234 e. The summed E-state index contributed by atoms with van der Waals surface area (Å²) < 4.78 is 5.26. The van der Waals surface area contributed by atoms with Crippen molar-refractivity contribution in [2.75, 3.05) is 29.2 Å². The largest absolute Gasteiger partial charge is 0.495 e. The number of hydrogen-bond acceptors (Lipinski definition) is 4. The Morgan fingerprint density at radius 3 is 2.34 bits per heavy atom. The highest BCUT2D eigenvalue weighted by molar-refractivity contribution is 8.00. The summed E-state index contributed by atoms with van der Waals surface area (Å²) in [6.45, 7) is 8.02. The van der Waals surface area contributed by atoms with E-state index >= 15 is 0 Å². The Balaban J connectivity index is 1.90. The topological polar surface area (TPSA) is 67.4 Å². The molecule has 0 aromatic heterocycles. The standard InChI is InChI=1S/C22H27ClN2O3S/c1-13(2)16-8-6-7-14(3)22(16)25-21(27)12-29-11-20(26)24-18-9-15(4)17(23)10-19(18)28-5/h6-10,13H,11-12H2,1-5H3,(H,24,26)(H,25,27). The molecule has 0 aliphatic carbocycles. The summed E-state index contributed by atoms with van der Waals surface area (Å²) in [6, 6.07) is 9.43. The third-order valence-electron chi connectivity index (χ3n) is 4.41. The van der Waals surface area contributed by atoms with Crippen molar-refractivity contribution >= 4 is 46.6 Å². The lowest BCUT2D eigenvalue weighted by molar-refractivity contribution is -0.114. The molecule has 0 saturated carbocycles. The molecular formula is C22H27ClN2O3S. The minimum Gasteiger partial charge on any atom is -0.495 e. The first-order chi connectivity index (χ1) is 13.7. The van der Waals surface area contributed by atoms with Gasteiger partial charge in [-0.05, 0) is 42.5 Å². The van der Waals surface area contributed by atoms with Crippen molar-refractivity contribution in [2.24, 2.45) is 0 Å². The van der Waals surface area contributed by atoms with E-state index in [1.165, 1.54) is 18.9 Å². The molecule has 0 spiro atoms. The lowest BCUT2D eigenvalue weighted by Crippen LogP contribution is -2.20. The Kier molecular flexibility index (Phi) is 8.41. The number of hydrogen-bond donors (Lipinski definition) is 2. The van der Waals surface area contributed by atoms with Crippen LogP contribution in [0.25, 0.3) is 0 Å². The first-order valence-electron chi connectivity index (χ1n) is 9.34. The maximum absolute atomic E-state index is 12.4. The first-order valence-corrected chi connectivity index (χ1v) is 10.9. The number of carbonyl (C=O) groups excluding carboxylic acids is 2. The zero-order valence-corrected chi connectivity index (χ0v) is 19.0. The minimum absolute atomic E-state index is 0.126. The molecule has 7 heteroatoms. The van der Waals surface area contributed by atoms with Crippen LogP contribution in [0.2, 0.25) is 5.02 Å². The number of thioether (sulfide) groups is 1. The third kappa shape index (κ3) is 6.41. The molecule has 0 radical (unpaired) electrons. The molecular weight excluding hydrogens is 408 g/mol. The Morgan fingerprint density at radius 1 is 1.07 bits per heavy atom. The number of benzene rings is 2. The van der Waals surface area contributed by atoms with Gasteiger partial charge in [-0.15, -0.1) is 11.8 Å². The van der Waals surface area contributed by atoms with E-state index < -0.39 is 0 Å². The van der Waals surface area contributed by atoms with E-state index in [1.54, 1.807) is 12.1 Å². The molecule has 0 heterocycles. The number of amides is 2. The highest BCUT2D eigenvalue weighted by Crippen LogP contribution is 2.31. The molecule has 0 fully saturated rings. The van der Waals surface area contributed by atoms with Gasteiger partial charge in [-0.2, -0.15) is 0 Å². The molecule has 2 aromatic carbocycles. The highest BCUT2D eigenvalue weighted by Gasteiger charge is 2.14. The molecule has 2 rings (SSSR count). The molecule has 0 unspecified atom stereocenters. The Labute approximate surface area is 181 Å². The molecule has 2 N–H and O–H groups in total. The molecule has 0 aliphatic rings. The molecule has 5 nitrogen and oxygen atoms in total. The van der Waals surface area contributed by atoms with Crippen LogP contribution < -0.4 is 15.4 Å². The molecule has 29 heavy (non-hydrogen) atoms. The molecule has 0 saturated heterocycles. The van der Waals surface area contributed by atoms with Crippen molar-refractivity contribution in [1.82, 2.24) is 0 Å². The summed E-state index contributed by atoms with van der Waals surface area (Å²) >= 11 is 7.34. The minimum atomic E-state index is -0.207. The van der Waals surface area contributed by atoms with Crippen LogP contribution in [-0.4, -0.2) is 30.4 Å². The van der Waals surface area contributed by atoms with Crippen LogP contribution >= 0.6 is 23.4 Å². The molecule has 0 aliphatic heterocycles. The lowest BCUT2D eigenvalue weighted by atomic mass is 9.98. The number of ether oxygens (including phenoxy) is 1. The van der Waals surface area contributed by atoms with Gasteiger partial charge in [-0.3, -0.25) is 9.59 Å². The van der Waals surface area contributed by atoms with E-state index in [0.717, 1.165) is 22.4 Å². The summed E-state index contributed by atoms with van der Waals surface area (Å²) in [5.74, 6) is 0.818. The second-order valence-electron chi connectivity index (χ2n) is 7.08. The predicted molar refractivity (Wildman–Crippen MR) is 123 cm³/mol. The van der Waals surface area contributed by atoms with Gasteiger partial charge >= 0.3 is 0 Å². The number of halogens is 1. The summed E-state index contributed by atoms with van der Waals surface area (Å²) in [4.78, 5) is 24.6. The molecule has 2 aromatic rings. The van der Waals surface area contributed by atoms with Gasteiger partial charge in [0.15, 0.2) is 0 Å². The first kappa shape index (κ1) is 23.1. The van der Waals surface area contributed by atoms with Crippen LogP contribution in [0.15, 0.2) is 30.3 Å². The lowest BCUT2D eigenvalue weighted by Gasteiger charge is -2.16. The fraction of sp³-hybridized carbons (Fsp3) is 0.364. The van der Waals surface area contributed by atoms with Crippen molar-refractivity contribution in [3.63, 3.8) is 0 Å². The van der Waals surface area contributed by atoms with Gasteiger partial charge in [-0.25, -0.2) is 0 Å². The van der Waals surface area contributed by atoms with Gasteiger partial charge in [0.25, 0.3) is 0 Å². The number of aryl methyl sites for hydroxylation is 2. The van der Waals surface area contributed by atoms with E-state index in [0.29, 0.717) is 22.4 Å². The van der Waals surface area contributed by atoms with Crippen molar-refractivity contribution in [2.45, 2.75) is 33.6 Å². The van der Waals surface area contributed by atoms with Gasteiger partial charge in [0.05, 0.1) is 24.3 Å². The van der Waals surface area contributed by atoms with Crippen molar-refractivity contribution in [3.8, 4) is 5.75 Å². The van der Waals surface area contributed by atoms with Gasteiger partial charge < -0.3 is 15.4 Å². The maximum atomic E-state index is 12.4. The third-order valence-corrected chi connectivity index (χ3v) is 5.75. The Hall–Kier alpha value is -2.18. The summed E-state index contributed by atoms with van der Waals surface area (Å²) in [5.41, 5.74) is 4.39. The van der Waals surface area contributed by atoms with E-state index in [9.17, 15) is 9.59 Å². The van der Waals surface area contributed by atoms with Crippen LogP contribution in [-0.2, 0) is 9.59 Å². The highest BCUT2D eigenvalue weighted by atomic mass is 35.5. The van der Waals surface area contributed by atoms with Gasteiger partial charge in [-0.1, -0.05) is 43.6 Å². The average molecular weight is 435 g/mol. The number of nitrogens with one attached hydrogen (secondary N) is 2. The normalized spacial score (nSPS) is 10.7. The fourth-order valence-electron chi connectivity index (χ4n) is 2.87.